The molecular formula is C8H11NOS. The Morgan fingerprint density at radius 3 is 3.00 bits per heavy atom. The maximum absolute atomic E-state index is 10.6. The first-order valence-corrected chi connectivity index (χ1v) is 4.45. The molecular weight excluding hydrogens is 158 g/mol. The number of thiophene rings is 1. The quantitative estimate of drug-likeness (QED) is 0.729. The molecule has 0 bridgehead atoms. The van der Waals surface area contributed by atoms with Crippen molar-refractivity contribution in [2.24, 2.45) is 5.73 Å². The maximum atomic E-state index is 10.6. The first-order valence-electron chi connectivity index (χ1n) is 3.57. The second kappa shape index (κ2) is 3.53. The fraction of sp³-hybridized carbons (Fsp3) is 0.375. The van der Waals surface area contributed by atoms with Crippen LogP contribution in [0.1, 0.15) is 17.4 Å². The second-order valence-electron chi connectivity index (χ2n) is 2.37. The summed E-state index contributed by atoms with van der Waals surface area (Å²) in [6.45, 7) is 2.08. The first-order chi connectivity index (χ1) is 5.24. The SMILES string of the molecule is CCc1ccsc1CC(N)=O. The Kier molecular flexibility index (Phi) is 2.65. The number of amides is 1. The summed E-state index contributed by atoms with van der Waals surface area (Å²) in [6, 6.07) is 2.04. The highest BCUT2D eigenvalue weighted by molar-refractivity contribution is 7.10. The summed E-state index contributed by atoms with van der Waals surface area (Å²) in [5.41, 5.74) is 6.32. The third-order valence-corrected chi connectivity index (χ3v) is 2.52. The van der Waals surface area contributed by atoms with Crippen molar-refractivity contribution in [2.45, 2.75) is 19.8 Å². The van der Waals surface area contributed by atoms with Crippen molar-refractivity contribution in [1.29, 1.82) is 0 Å². The highest BCUT2D eigenvalue weighted by Crippen LogP contribution is 2.17. The number of hydrogen-bond acceptors (Lipinski definition) is 2. The van der Waals surface area contributed by atoms with Gasteiger partial charge in [-0.15, -0.1) is 11.3 Å². The summed E-state index contributed by atoms with van der Waals surface area (Å²) in [6.07, 6.45) is 1.37. The van der Waals surface area contributed by atoms with Crippen LogP contribution in [0.5, 0.6) is 0 Å². The molecule has 2 nitrogen and oxygen atoms in total. The fourth-order valence-electron chi connectivity index (χ4n) is 0.995. The molecule has 1 aromatic heterocycles. The molecule has 0 unspecified atom stereocenters. The minimum atomic E-state index is -0.248. The van der Waals surface area contributed by atoms with Crippen molar-refractivity contribution >= 4 is 17.2 Å². The van der Waals surface area contributed by atoms with Crippen molar-refractivity contribution in [1.82, 2.24) is 0 Å². The Hall–Kier alpha value is -0.830. The van der Waals surface area contributed by atoms with Crippen LogP contribution >= 0.6 is 11.3 Å². The molecule has 1 aromatic rings. The highest BCUT2D eigenvalue weighted by atomic mass is 32.1. The minimum absolute atomic E-state index is 0.248. The zero-order valence-electron chi connectivity index (χ0n) is 6.46. The van der Waals surface area contributed by atoms with Gasteiger partial charge < -0.3 is 5.73 Å². The molecule has 0 saturated carbocycles. The van der Waals surface area contributed by atoms with Crippen LogP contribution in [0, 0.1) is 0 Å². The fourth-order valence-corrected chi connectivity index (χ4v) is 1.98. The molecule has 3 heteroatoms. The van der Waals surface area contributed by atoms with E-state index in [1.165, 1.54) is 5.56 Å². The number of nitrogens with two attached hydrogens (primary N) is 1. The van der Waals surface area contributed by atoms with E-state index in [0.717, 1.165) is 11.3 Å². The number of carbonyl (C=O) groups excluding carboxylic acids is 1. The summed E-state index contributed by atoms with van der Waals surface area (Å²) in [7, 11) is 0. The second-order valence-corrected chi connectivity index (χ2v) is 3.37. The largest absolute Gasteiger partial charge is 0.369 e. The molecule has 1 rings (SSSR count). The van der Waals surface area contributed by atoms with Gasteiger partial charge in [0.15, 0.2) is 0 Å². The Balaban J connectivity index is 2.76. The predicted octanol–water partition coefficient (Wildman–Crippen LogP) is 1.34. The Morgan fingerprint density at radius 2 is 2.45 bits per heavy atom. The van der Waals surface area contributed by atoms with Gasteiger partial charge in [0.2, 0.25) is 5.91 Å². The first kappa shape index (κ1) is 8.27. The Bertz CT molecular complexity index is 254. The molecule has 0 aliphatic heterocycles. The Labute approximate surface area is 70.0 Å². The molecule has 0 aromatic carbocycles. The summed E-state index contributed by atoms with van der Waals surface area (Å²) in [5.74, 6) is -0.248. The van der Waals surface area contributed by atoms with Gasteiger partial charge in [0, 0.05) is 4.88 Å². The standard InChI is InChI=1S/C8H11NOS/c1-2-6-3-4-11-7(6)5-8(9)10/h3-4H,2,5H2,1H3,(H2,9,10). The molecule has 0 radical (unpaired) electrons. The summed E-state index contributed by atoms with van der Waals surface area (Å²) < 4.78 is 0. The van der Waals surface area contributed by atoms with Crippen molar-refractivity contribution in [3.63, 3.8) is 0 Å². The summed E-state index contributed by atoms with van der Waals surface area (Å²) in [4.78, 5) is 11.7. The lowest BCUT2D eigenvalue weighted by molar-refractivity contribution is -0.117. The number of primary amides is 1. The molecule has 11 heavy (non-hydrogen) atoms. The lowest BCUT2D eigenvalue weighted by Gasteiger charge is -1.95. The average Bonchev–Trinajstić information content (AvgIpc) is 2.34. The van der Waals surface area contributed by atoms with Gasteiger partial charge in [-0.05, 0) is 23.4 Å². The number of hydrogen-bond donors (Lipinski definition) is 1. The molecule has 1 heterocycles. The molecule has 0 aliphatic carbocycles. The van der Waals surface area contributed by atoms with Crippen LogP contribution in [0.2, 0.25) is 0 Å². The minimum Gasteiger partial charge on any atom is -0.369 e. The van der Waals surface area contributed by atoms with E-state index in [0.29, 0.717) is 6.42 Å². The molecule has 0 aliphatic rings. The van der Waals surface area contributed by atoms with Crippen LogP contribution in [0.4, 0.5) is 0 Å². The van der Waals surface area contributed by atoms with E-state index in [2.05, 4.69) is 6.92 Å². The summed E-state index contributed by atoms with van der Waals surface area (Å²) in [5, 5.41) is 2.00. The van der Waals surface area contributed by atoms with Gasteiger partial charge in [-0.3, -0.25) is 4.79 Å². The van der Waals surface area contributed by atoms with Crippen molar-refractivity contribution in [2.75, 3.05) is 0 Å². The third kappa shape index (κ3) is 2.05. The number of aryl methyl sites for hydroxylation is 1. The van der Waals surface area contributed by atoms with Crippen LogP contribution < -0.4 is 5.73 Å². The van der Waals surface area contributed by atoms with Crippen LogP contribution in [0.25, 0.3) is 0 Å². The average molecular weight is 169 g/mol. The molecule has 0 fully saturated rings. The van der Waals surface area contributed by atoms with Gasteiger partial charge >= 0.3 is 0 Å². The zero-order valence-corrected chi connectivity index (χ0v) is 7.28. The van der Waals surface area contributed by atoms with Crippen LogP contribution in [-0.2, 0) is 17.6 Å². The van der Waals surface area contributed by atoms with Crippen molar-refractivity contribution < 1.29 is 4.79 Å². The lowest BCUT2D eigenvalue weighted by Crippen LogP contribution is -2.13. The van der Waals surface area contributed by atoms with E-state index in [-0.39, 0.29) is 5.91 Å². The molecule has 1 amide bonds. The van der Waals surface area contributed by atoms with E-state index < -0.39 is 0 Å². The van der Waals surface area contributed by atoms with E-state index in [1.807, 2.05) is 11.4 Å². The third-order valence-electron chi connectivity index (χ3n) is 1.55. The van der Waals surface area contributed by atoms with Gasteiger partial charge in [0.25, 0.3) is 0 Å². The van der Waals surface area contributed by atoms with Gasteiger partial charge in [-0.25, -0.2) is 0 Å². The van der Waals surface area contributed by atoms with E-state index in [1.54, 1.807) is 11.3 Å². The van der Waals surface area contributed by atoms with Crippen molar-refractivity contribution in [3.05, 3.63) is 21.9 Å². The van der Waals surface area contributed by atoms with E-state index in [9.17, 15) is 4.79 Å². The smallest absolute Gasteiger partial charge is 0.222 e. The van der Waals surface area contributed by atoms with Crippen molar-refractivity contribution in [3.8, 4) is 0 Å². The summed E-state index contributed by atoms with van der Waals surface area (Å²) >= 11 is 1.60. The zero-order chi connectivity index (χ0) is 8.27. The van der Waals surface area contributed by atoms with E-state index >= 15 is 0 Å². The van der Waals surface area contributed by atoms with E-state index in [4.69, 9.17) is 5.73 Å². The predicted molar refractivity (Wildman–Crippen MR) is 46.6 cm³/mol. The van der Waals surface area contributed by atoms with Crippen LogP contribution in [0.3, 0.4) is 0 Å². The monoisotopic (exact) mass is 169 g/mol. The van der Waals surface area contributed by atoms with Crippen LogP contribution in [0.15, 0.2) is 11.4 Å². The van der Waals surface area contributed by atoms with Gasteiger partial charge in [0.1, 0.15) is 0 Å². The number of rotatable bonds is 3. The molecule has 0 saturated heterocycles. The lowest BCUT2D eigenvalue weighted by atomic mass is 10.2. The Morgan fingerprint density at radius 1 is 1.73 bits per heavy atom. The van der Waals surface area contributed by atoms with Gasteiger partial charge in [-0.2, -0.15) is 0 Å². The topological polar surface area (TPSA) is 43.1 Å². The number of carbonyl (C=O) groups is 1. The van der Waals surface area contributed by atoms with Gasteiger partial charge in [-0.1, -0.05) is 6.92 Å². The molecule has 0 atom stereocenters. The normalized spacial score (nSPS) is 9.91. The van der Waals surface area contributed by atoms with Crippen LogP contribution in [-0.4, -0.2) is 5.91 Å². The molecule has 0 spiro atoms. The molecule has 2 N–H and O–H groups in total. The highest BCUT2D eigenvalue weighted by Gasteiger charge is 2.04. The van der Waals surface area contributed by atoms with Gasteiger partial charge in [0.05, 0.1) is 6.42 Å². The maximum Gasteiger partial charge on any atom is 0.222 e. The molecule has 60 valence electrons.